The molecule has 0 aromatic heterocycles. The first-order valence-electron chi connectivity index (χ1n) is 9.34. The summed E-state index contributed by atoms with van der Waals surface area (Å²) in [6.07, 6.45) is 0.350. The van der Waals surface area contributed by atoms with Crippen LogP contribution in [0, 0.1) is 5.92 Å². The Hall–Kier alpha value is -2.66. The van der Waals surface area contributed by atoms with Crippen molar-refractivity contribution in [2.75, 3.05) is 6.61 Å². The van der Waals surface area contributed by atoms with Crippen molar-refractivity contribution in [1.82, 2.24) is 4.90 Å². The predicted octanol–water partition coefficient (Wildman–Crippen LogP) is 3.99. The summed E-state index contributed by atoms with van der Waals surface area (Å²) in [4.78, 5) is 39.0. The average Bonchev–Trinajstić information content (AvgIpc) is 3.25. The minimum Gasteiger partial charge on any atom is -0.447 e. The van der Waals surface area contributed by atoms with Gasteiger partial charge in [-0.25, -0.2) is 9.69 Å². The summed E-state index contributed by atoms with van der Waals surface area (Å²) < 4.78 is 5.18. The van der Waals surface area contributed by atoms with Gasteiger partial charge in [-0.1, -0.05) is 54.1 Å². The van der Waals surface area contributed by atoms with Gasteiger partial charge in [0, 0.05) is 23.8 Å². The SMILES string of the molecule is O=C1C[C@@H](C(=O)N2C(=O)OC[C@@H]2Cc2ccccc2)[C@H](c2ccc(Cl)cc2)C1. The minimum atomic E-state index is -0.625. The maximum Gasteiger partial charge on any atom is 0.416 e. The molecule has 2 aromatic rings. The zero-order valence-electron chi connectivity index (χ0n) is 15.2. The summed E-state index contributed by atoms with van der Waals surface area (Å²) >= 11 is 5.96. The zero-order valence-corrected chi connectivity index (χ0v) is 16.0. The fraction of sp³-hybridized carbons (Fsp3) is 0.318. The quantitative estimate of drug-likeness (QED) is 0.782. The Morgan fingerprint density at radius 3 is 2.46 bits per heavy atom. The topological polar surface area (TPSA) is 63.7 Å². The molecule has 3 atom stereocenters. The molecule has 1 saturated carbocycles. The summed E-state index contributed by atoms with van der Waals surface area (Å²) in [5.41, 5.74) is 1.92. The molecule has 1 heterocycles. The number of amides is 2. The molecule has 0 unspecified atom stereocenters. The van der Waals surface area contributed by atoms with Gasteiger partial charge in [0.15, 0.2) is 0 Å². The van der Waals surface area contributed by atoms with E-state index in [0.717, 1.165) is 11.1 Å². The van der Waals surface area contributed by atoms with Gasteiger partial charge in [0.05, 0.1) is 12.0 Å². The molecule has 2 amide bonds. The Morgan fingerprint density at radius 1 is 1.04 bits per heavy atom. The van der Waals surface area contributed by atoms with Gasteiger partial charge in [0.2, 0.25) is 5.91 Å². The Kier molecular flexibility index (Phi) is 5.18. The Morgan fingerprint density at radius 2 is 1.75 bits per heavy atom. The predicted molar refractivity (Wildman–Crippen MR) is 104 cm³/mol. The Balaban J connectivity index is 1.57. The largest absolute Gasteiger partial charge is 0.447 e. The molecule has 2 aliphatic rings. The fourth-order valence-corrected chi connectivity index (χ4v) is 4.25. The third-order valence-corrected chi connectivity index (χ3v) is 5.76. The van der Waals surface area contributed by atoms with Gasteiger partial charge in [-0.2, -0.15) is 0 Å². The number of rotatable bonds is 4. The molecule has 1 aliphatic carbocycles. The van der Waals surface area contributed by atoms with Crippen LogP contribution < -0.4 is 0 Å². The van der Waals surface area contributed by atoms with Gasteiger partial charge >= 0.3 is 6.09 Å². The number of nitrogens with zero attached hydrogens (tertiary/aromatic N) is 1. The third kappa shape index (κ3) is 3.67. The first-order valence-corrected chi connectivity index (χ1v) is 9.71. The lowest BCUT2D eigenvalue weighted by Gasteiger charge is -2.26. The Bertz CT molecular complexity index is 897. The maximum absolute atomic E-state index is 13.3. The number of ether oxygens (including phenoxy) is 1. The second kappa shape index (κ2) is 7.76. The monoisotopic (exact) mass is 397 g/mol. The van der Waals surface area contributed by atoms with Gasteiger partial charge in [0.25, 0.3) is 0 Å². The molecule has 0 bridgehead atoms. The van der Waals surface area contributed by atoms with Crippen LogP contribution in [0.25, 0.3) is 0 Å². The minimum absolute atomic E-state index is 0.0328. The summed E-state index contributed by atoms with van der Waals surface area (Å²) in [6, 6.07) is 16.5. The molecule has 2 fully saturated rings. The standard InChI is InChI=1S/C22H20ClNO4/c23-16-8-6-15(7-9-16)19-11-18(25)12-20(19)21(26)24-17(13-28-22(24)27)10-14-4-2-1-3-5-14/h1-9,17,19-20H,10-13H2/t17-,19-,20+/m0/s1. The molecule has 1 saturated heterocycles. The first-order chi connectivity index (χ1) is 13.5. The van der Waals surface area contributed by atoms with Crippen LogP contribution in [0.4, 0.5) is 4.79 Å². The van der Waals surface area contributed by atoms with E-state index in [1.807, 2.05) is 42.5 Å². The van der Waals surface area contributed by atoms with Crippen LogP contribution in [0.1, 0.15) is 29.9 Å². The fourth-order valence-electron chi connectivity index (χ4n) is 4.12. The molecular formula is C22H20ClNO4. The highest BCUT2D eigenvalue weighted by Gasteiger charge is 2.46. The number of ketones is 1. The van der Waals surface area contributed by atoms with Crippen LogP contribution in [0.5, 0.6) is 0 Å². The number of halogens is 1. The number of cyclic esters (lactones) is 1. The van der Waals surface area contributed by atoms with Crippen LogP contribution in [-0.2, 0) is 20.7 Å². The number of benzene rings is 2. The van der Waals surface area contributed by atoms with Gasteiger partial charge in [-0.15, -0.1) is 0 Å². The number of hydrogen-bond acceptors (Lipinski definition) is 4. The van der Waals surface area contributed by atoms with Crippen LogP contribution in [0.3, 0.4) is 0 Å². The van der Waals surface area contributed by atoms with Gasteiger partial charge in [-0.3, -0.25) is 9.59 Å². The normalized spacial score (nSPS) is 24.5. The zero-order chi connectivity index (χ0) is 19.7. The lowest BCUT2D eigenvalue weighted by molar-refractivity contribution is -0.134. The molecule has 6 heteroatoms. The van der Waals surface area contributed by atoms with Gasteiger partial charge in [0.1, 0.15) is 12.4 Å². The molecule has 1 aliphatic heterocycles. The van der Waals surface area contributed by atoms with E-state index in [4.69, 9.17) is 16.3 Å². The molecule has 28 heavy (non-hydrogen) atoms. The molecule has 5 nitrogen and oxygen atoms in total. The van der Waals surface area contributed by atoms with Crippen molar-refractivity contribution in [2.24, 2.45) is 5.92 Å². The van der Waals surface area contributed by atoms with E-state index < -0.39 is 12.0 Å². The lowest BCUT2D eigenvalue weighted by Crippen LogP contribution is -2.44. The van der Waals surface area contributed by atoms with Crippen molar-refractivity contribution in [3.63, 3.8) is 0 Å². The summed E-state index contributed by atoms with van der Waals surface area (Å²) in [5, 5.41) is 0.599. The second-order valence-electron chi connectivity index (χ2n) is 7.34. The molecular weight excluding hydrogens is 378 g/mol. The van der Waals surface area contributed by atoms with Crippen LogP contribution in [0.15, 0.2) is 54.6 Å². The van der Waals surface area contributed by atoms with Crippen molar-refractivity contribution >= 4 is 29.4 Å². The van der Waals surface area contributed by atoms with Gasteiger partial charge in [-0.05, 0) is 29.7 Å². The van der Waals surface area contributed by atoms with E-state index in [1.165, 1.54) is 4.90 Å². The van der Waals surface area contributed by atoms with E-state index in [0.29, 0.717) is 17.9 Å². The number of carbonyl (C=O) groups excluding carboxylic acids is 3. The number of Topliss-reactive ketones (excluding diaryl/α,β-unsaturated/α-hetero) is 1. The number of hydrogen-bond donors (Lipinski definition) is 0. The Labute approximate surface area is 168 Å². The lowest BCUT2D eigenvalue weighted by atomic mass is 9.87. The second-order valence-corrected chi connectivity index (χ2v) is 7.78. The molecule has 0 radical (unpaired) electrons. The molecule has 0 spiro atoms. The van der Waals surface area contributed by atoms with Gasteiger partial charge < -0.3 is 4.74 Å². The summed E-state index contributed by atoms with van der Waals surface area (Å²) in [6.45, 7) is 0.172. The van der Waals surface area contributed by atoms with Crippen LogP contribution in [-0.4, -0.2) is 35.3 Å². The van der Waals surface area contributed by atoms with Crippen LogP contribution in [0.2, 0.25) is 5.02 Å². The molecule has 144 valence electrons. The highest BCUT2D eigenvalue weighted by Crippen LogP contribution is 2.40. The molecule has 2 aromatic carbocycles. The smallest absolute Gasteiger partial charge is 0.416 e. The molecule has 0 N–H and O–H groups in total. The van der Waals surface area contributed by atoms with E-state index in [9.17, 15) is 14.4 Å². The van der Waals surface area contributed by atoms with E-state index in [2.05, 4.69) is 0 Å². The highest BCUT2D eigenvalue weighted by atomic mass is 35.5. The summed E-state index contributed by atoms with van der Waals surface area (Å²) in [5.74, 6) is -1.10. The third-order valence-electron chi connectivity index (χ3n) is 5.51. The van der Waals surface area contributed by atoms with Crippen molar-refractivity contribution < 1.29 is 19.1 Å². The molecule has 4 rings (SSSR count). The van der Waals surface area contributed by atoms with Crippen molar-refractivity contribution in [2.45, 2.75) is 31.2 Å². The van der Waals surface area contributed by atoms with E-state index in [-0.39, 0.29) is 36.7 Å². The van der Waals surface area contributed by atoms with E-state index >= 15 is 0 Å². The summed E-state index contributed by atoms with van der Waals surface area (Å²) in [7, 11) is 0. The van der Waals surface area contributed by atoms with E-state index in [1.54, 1.807) is 12.1 Å². The average molecular weight is 398 g/mol. The number of carbonyl (C=O) groups is 3. The van der Waals surface area contributed by atoms with Crippen molar-refractivity contribution in [1.29, 1.82) is 0 Å². The number of imide groups is 1. The first kappa shape index (κ1) is 18.7. The van der Waals surface area contributed by atoms with Crippen molar-refractivity contribution in [3.8, 4) is 0 Å². The maximum atomic E-state index is 13.3. The van der Waals surface area contributed by atoms with Crippen molar-refractivity contribution in [3.05, 3.63) is 70.7 Å². The van der Waals surface area contributed by atoms with Crippen LogP contribution >= 0.6 is 11.6 Å². The highest BCUT2D eigenvalue weighted by molar-refractivity contribution is 6.30.